The molecule has 0 fully saturated rings. The molecule has 3 amide bonds. The van der Waals surface area contributed by atoms with Crippen LogP contribution in [0.5, 0.6) is 0 Å². The first-order valence-corrected chi connectivity index (χ1v) is 14.1. The van der Waals surface area contributed by atoms with Crippen molar-refractivity contribution in [3.63, 3.8) is 0 Å². The van der Waals surface area contributed by atoms with E-state index < -0.39 is 23.8 Å². The lowest BCUT2D eigenvalue weighted by atomic mass is 9.81. The fraction of sp³-hybridized carbons (Fsp3) is 0.400. The number of esters is 1. The summed E-state index contributed by atoms with van der Waals surface area (Å²) in [4.78, 5) is 65.9. The Morgan fingerprint density at radius 1 is 1.21 bits per heavy atom. The van der Waals surface area contributed by atoms with Crippen LogP contribution in [0.15, 0.2) is 16.9 Å². The van der Waals surface area contributed by atoms with Crippen molar-refractivity contribution in [2.45, 2.75) is 58.2 Å². The van der Waals surface area contributed by atoms with Gasteiger partial charge in [-0.05, 0) is 54.5 Å². The van der Waals surface area contributed by atoms with Crippen molar-refractivity contribution in [1.29, 1.82) is 0 Å². The van der Waals surface area contributed by atoms with Crippen LogP contribution in [0.25, 0.3) is 22.3 Å². The number of cyclic esters (lactones) is 1. The quantitative estimate of drug-likeness (QED) is 0.114. The van der Waals surface area contributed by atoms with E-state index in [2.05, 4.69) is 16.0 Å². The molecule has 2 atom stereocenters. The molecule has 0 spiro atoms. The molecule has 1 aromatic carbocycles. The number of fused-ring (bicyclic) bond motifs is 5. The van der Waals surface area contributed by atoms with Gasteiger partial charge in [0.1, 0.15) is 25.8 Å². The number of carbonyl (C=O) groups excluding carboxylic acids is 4. The maximum absolute atomic E-state index is 15.1. The molecule has 3 aromatic rings. The van der Waals surface area contributed by atoms with Crippen LogP contribution < -0.4 is 21.5 Å². The SMILES string of the molecule is CCC1C(=O)OCc2c1cc1n(c2=O)Cc2c-1nc1cc(F)c(C)c3c1c2C(NC(=O)COCNC(=O)CNC=O)CC3. The summed E-state index contributed by atoms with van der Waals surface area (Å²) in [5.74, 6) is -2.20. The van der Waals surface area contributed by atoms with Gasteiger partial charge in [0.15, 0.2) is 0 Å². The predicted molar refractivity (Wildman–Crippen MR) is 150 cm³/mol. The largest absolute Gasteiger partial charge is 0.460 e. The lowest BCUT2D eigenvalue weighted by Gasteiger charge is -2.29. The number of nitrogens with one attached hydrogen (secondary N) is 3. The van der Waals surface area contributed by atoms with Crippen LogP contribution in [-0.2, 0) is 48.2 Å². The Morgan fingerprint density at radius 3 is 2.79 bits per heavy atom. The van der Waals surface area contributed by atoms with Gasteiger partial charge in [-0.3, -0.25) is 24.0 Å². The number of pyridine rings is 2. The average Bonchev–Trinajstić information content (AvgIpc) is 3.36. The minimum absolute atomic E-state index is 0.0936. The minimum Gasteiger partial charge on any atom is -0.460 e. The number of carbonyl (C=O) groups is 4. The summed E-state index contributed by atoms with van der Waals surface area (Å²) in [6.07, 6.45) is 1.88. The summed E-state index contributed by atoms with van der Waals surface area (Å²) in [6, 6.07) is 2.75. The van der Waals surface area contributed by atoms with Crippen LogP contribution in [0, 0.1) is 12.7 Å². The number of aromatic nitrogens is 2. The smallest absolute Gasteiger partial charge is 0.313 e. The van der Waals surface area contributed by atoms with Crippen molar-refractivity contribution in [2.24, 2.45) is 0 Å². The van der Waals surface area contributed by atoms with Gasteiger partial charge < -0.3 is 30.0 Å². The number of halogens is 1. The van der Waals surface area contributed by atoms with E-state index in [0.717, 1.165) is 22.1 Å². The van der Waals surface area contributed by atoms with Crippen molar-refractivity contribution < 1.29 is 33.0 Å². The topological polar surface area (TPSA) is 158 Å². The molecule has 6 rings (SSSR count). The molecule has 43 heavy (non-hydrogen) atoms. The highest BCUT2D eigenvalue weighted by Crippen LogP contribution is 2.45. The first-order valence-electron chi connectivity index (χ1n) is 14.1. The molecule has 2 unspecified atom stereocenters. The van der Waals surface area contributed by atoms with E-state index in [1.165, 1.54) is 6.07 Å². The zero-order valence-electron chi connectivity index (χ0n) is 23.7. The predicted octanol–water partition coefficient (Wildman–Crippen LogP) is 1.36. The number of benzene rings is 1. The van der Waals surface area contributed by atoms with E-state index in [4.69, 9.17) is 14.5 Å². The van der Waals surface area contributed by atoms with Crippen molar-refractivity contribution >= 4 is 35.1 Å². The minimum atomic E-state index is -0.560. The maximum Gasteiger partial charge on any atom is 0.313 e. The zero-order valence-corrected chi connectivity index (χ0v) is 23.7. The molecule has 13 heteroatoms. The normalized spacial score (nSPS) is 17.9. The van der Waals surface area contributed by atoms with Crippen molar-refractivity contribution in [2.75, 3.05) is 19.9 Å². The molecule has 224 valence electrons. The summed E-state index contributed by atoms with van der Waals surface area (Å²) in [5.41, 5.74) is 5.20. The standard InChI is InChI=1S/C30H30FN5O7/c1-3-15-17-6-23-28-18(9-36(23)29(40)19(17)10-43-30(15)41)27-21(34-25(39)11-42-13-33-24(38)8-32-12-37)5-4-16-14(2)20(31)7-22(35-28)26(16)27/h6-7,12,15,21H,3-5,8-11,13H2,1-2H3,(H,32,37)(H,33,38)(H,34,39). The Morgan fingerprint density at radius 2 is 2.02 bits per heavy atom. The molecule has 0 bridgehead atoms. The molecule has 2 aromatic heterocycles. The van der Waals surface area contributed by atoms with Gasteiger partial charge >= 0.3 is 5.97 Å². The van der Waals surface area contributed by atoms with E-state index in [1.807, 2.05) is 13.0 Å². The van der Waals surface area contributed by atoms with Crippen molar-refractivity contribution in [3.8, 4) is 11.4 Å². The number of hydrogen-bond acceptors (Lipinski definition) is 8. The lowest BCUT2D eigenvalue weighted by Crippen LogP contribution is -2.37. The fourth-order valence-corrected chi connectivity index (χ4v) is 6.43. The van der Waals surface area contributed by atoms with Crippen LogP contribution in [0.1, 0.15) is 65.1 Å². The number of hydrogen-bond donors (Lipinski definition) is 3. The number of rotatable bonds is 9. The van der Waals surface area contributed by atoms with Crippen LogP contribution in [0.2, 0.25) is 0 Å². The second-order valence-corrected chi connectivity index (χ2v) is 10.9. The van der Waals surface area contributed by atoms with Crippen LogP contribution in [-0.4, -0.2) is 53.6 Å². The highest BCUT2D eigenvalue weighted by atomic mass is 19.1. The first kappa shape index (κ1) is 28.5. The maximum atomic E-state index is 15.1. The molecule has 3 aliphatic rings. The first-order chi connectivity index (χ1) is 20.7. The van der Waals surface area contributed by atoms with Crippen LogP contribution in [0.3, 0.4) is 0 Å². The zero-order chi connectivity index (χ0) is 30.4. The lowest BCUT2D eigenvalue weighted by molar-refractivity contribution is -0.148. The molecule has 12 nitrogen and oxygen atoms in total. The number of aryl methyl sites for hydroxylation is 1. The van der Waals surface area contributed by atoms with E-state index in [9.17, 15) is 24.0 Å². The van der Waals surface area contributed by atoms with Crippen LogP contribution in [0.4, 0.5) is 4.39 Å². The second-order valence-electron chi connectivity index (χ2n) is 10.9. The Labute approximate surface area is 244 Å². The average molecular weight is 592 g/mol. The van der Waals surface area contributed by atoms with E-state index in [-0.39, 0.29) is 50.4 Å². The van der Waals surface area contributed by atoms with Gasteiger partial charge in [0.25, 0.3) is 5.56 Å². The summed E-state index contributed by atoms with van der Waals surface area (Å²) in [5, 5.41) is 8.44. The molecule has 2 aliphatic heterocycles. The Hall–Kier alpha value is -4.65. The van der Waals surface area contributed by atoms with Gasteiger partial charge in [0.2, 0.25) is 18.2 Å². The van der Waals surface area contributed by atoms with Crippen LogP contribution >= 0.6 is 0 Å². The van der Waals surface area contributed by atoms with E-state index in [0.29, 0.717) is 59.3 Å². The molecule has 1 aliphatic carbocycles. The third-order valence-corrected chi connectivity index (χ3v) is 8.48. The number of nitrogens with zero attached hydrogens (tertiary/aromatic N) is 2. The molecular weight excluding hydrogens is 561 g/mol. The summed E-state index contributed by atoms with van der Waals surface area (Å²) in [7, 11) is 0. The monoisotopic (exact) mass is 591 g/mol. The molecule has 0 saturated heterocycles. The van der Waals surface area contributed by atoms with Gasteiger partial charge in [-0.1, -0.05) is 6.92 Å². The highest BCUT2D eigenvalue weighted by Gasteiger charge is 2.37. The molecule has 0 radical (unpaired) electrons. The summed E-state index contributed by atoms with van der Waals surface area (Å²) < 4.78 is 27.3. The third kappa shape index (κ3) is 4.83. The van der Waals surface area contributed by atoms with E-state index in [1.54, 1.807) is 11.5 Å². The van der Waals surface area contributed by atoms with Gasteiger partial charge in [-0.25, -0.2) is 9.37 Å². The second kappa shape index (κ2) is 11.2. The fourth-order valence-electron chi connectivity index (χ4n) is 6.43. The van der Waals surface area contributed by atoms with Crippen molar-refractivity contribution in [1.82, 2.24) is 25.5 Å². The Bertz CT molecular complexity index is 1770. The summed E-state index contributed by atoms with van der Waals surface area (Å²) >= 11 is 0. The molecular formula is C30H30FN5O7. The van der Waals surface area contributed by atoms with Gasteiger partial charge in [0.05, 0.1) is 47.5 Å². The highest BCUT2D eigenvalue weighted by molar-refractivity contribution is 5.94. The van der Waals surface area contributed by atoms with Gasteiger partial charge in [-0.2, -0.15) is 0 Å². The summed E-state index contributed by atoms with van der Waals surface area (Å²) in [6.45, 7) is 2.94. The molecule has 4 heterocycles. The number of amides is 3. The molecule has 3 N–H and O–H groups in total. The third-order valence-electron chi connectivity index (χ3n) is 8.48. The van der Waals surface area contributed by atoms with Gasteiger partial charge in [-0.15, -0.1) is 0 Å². The Kier molecular flexibility index (Phi) is 7.42. The number of ether oxygens (including phenoxy) is 2. The Balaban J connectivity index is 1.37. The van der Waals surface area contributed by atoms with Crippen molar-refractivity contribution in [3.05, 3.63) is 61.7 Å². The van der Waals surface area contributed by atoms with Gasteiger partial charge in [0, 0.05) is 17.0 Å². The molecule has 0 saturated carbocycles. The van der Waals surface area contributed by atoms with E-state index >= 15 is 4.39 Å².